The molecule has 0 spiro atoms. The molecule has 1 fully saturated rings. The summed E-state index contributed by atoms with van der Waals surface area (Å²) >= 11 is 0. The van der Waals surface area contributed by atoms with Gasteiger partial charge in [-0.05, 0) is 24.9 Å². The Hall–Kier alpha value is -0.800. The molecule has 0 aromatic carbocycles. The molecule has 3 nitrogen and oxygen atoms in total. The number of furan rings is 1. The van der Waals surface area contributed by atoms with Gasteiger partial charge in [0.25, 0.3) is 0 Å². The van der Waals surface area contributed by atoms with E-state index < -0.39 is 0 Å². The molecule has 3 N–H and O–H groups in total. The third kappa shape index (κ3) is 2.83. The minimum Gasteiger partial charge on any atom is -0.472 e. The van der Waals surface area contributed by atoms with Crippen LogP contribution in [0.5, 0.6) is 0 Å². The van der Waals surface area contributed by atoms with Crippen molar-refractivity contribution in [3.8, 4) is 0 Å². The molecule has 84 valence electrons. The average molecular weight is 208 g/mol. The molecule has 1 atom stereocenters. The van der Waals surface area contributed by atoms with Crippen molar-refractivity contribution in [1.29, 1.82) is 0 Å². The Morgan fingerprint density at radius 3 is 2.93 bits per heavy atom. The molecule has 1 aliphatic rings. The Balaban J connectivity index is 1.71. The zero-order valence-corrected chi connectivity index (χ0v) is 9.11. The summed E-state index contributed by atoms with van der Waals surface area (Å²) in [6, 6.07) is 2.23. The first kappa shape index (κ1) is 10.7. The van der Waals surface area contributed by atoms with Gasteiger partial charge in [0.1, 0.15) is 0 Å². The highest BCUT2D eigenvalue weighted by atomic mass is 16.3. The van der Waals surface area contributed by atoms with E-state index in [0.717, 1.165) is 18.0 Å². The predicted octanol–water partition coefficient (Wildman–Crippen LogP) is 2.06. The number of nitrogens with two attached hydrogens (primary N) is 1. The minimum atomic E-state index is 0.254. The monoisotopic (exact) mass is 208 g/mol. The van der Waals surface area contributed by atoms with Gasteiger partial charge in [0, 0.05) is 18.2 Å². The van der Waals surface area contributed by atoms with Crippen LogP contribution in [0.4, 0.5) is 0 Å². The van der Waals surface area contributed by atoms with Gasteiger partial charge in [-0.3, -0.25) is 0 Å². The SMILES string of the molecule is NCC(NCCC1CCC1)c1ccoc1. The minimum absolute atomic E-state index is 0.254. The summed E-state index contributed by atoms with van der Waals surface area (Å²) in [6.07, 6.45) is 9.02. The molecular formula is C12H20N2O. The fraction of sp³-hybridized carbons (Fsp3) is 0.667. The van der Waals surface area contributed by atoms with Crippen LogP contribution >= 0.6 is 0 Å². The molecule has 15 heavy (non-hydrogen) atoms. The highest BCUT2D eigenvalue weighted by molar-refractivity contribution is 5.11. The van der Waals surface area contributed by atoms with E-state index in [4.69, 9.17) is 10.2 Å². The molecule has 1 heterocycles. The summed E-state index contributed by atoms with van der Waals surface area (Å²) in [6.45, 7) is 1.70. The molecule has 1 aromatic heterocycles. The zero-order valence-electron chi connectivity index (χ0n) is 9.11. The van der Waals surface area contributed by atoms with Gasteiger partial charge in [-0.2, -0.15) is 0 Å². The van der Waals surface area contributed by atoms with E-state index in [-0.39, 0.29) is 6.04 Å². The molecule has 0 aliphatic heterocycles. The molecule has 3 heteroatoms. The van der Waals surface area contributed by atoms with E-state index in [1.807, 2.05) is 6.07 Å². The fourth-order valence-corrected chi connectivity index (χ4v) is 2.05. The summed E-state index contributed by atoms with van der Waals surface area (Å²) in [4.78, 5) is 0. The van der Waals surface area contributed by atoms with Crippen LogP contribution in [0.1, 0.15) is 37.3 Å². The molecule has 1 unspecified atom stereocenters. The second kappa shape index (κ2) is 5.33. The molecule has 0 radical (unpaired) electrons. The quantitative estimate of drug-likeness (QED) is 0.752. The number of nitrogens with one attached hydrogen (secondary N) is 1. The summed E-state index contributed by atoms with van der Waals surface area (Å²) in [5.74, 6) is 0.959. The number of hydrogen-bond donors (Lipinski definition) is 2. The first-order chi connectivity index (χ1) is 7.40. The third-order valence-electron chi connectivity index (χ3n) is 3.35. The van der Waals surface area contributed by atoms with E-state index in [1.54, 1.807) is 12.5 Å². The normalized spacial score (nSPS) is 18.7. The molecular weight excluding hydrogens is 188 g/mol. The second-order valence-electron chi connectivity index (χ2n) is 4.38. The summed E-state index contributed by atoms with van der Waals surface area (Å²) in [5, 5.41) is 3.49. The Kier molecular flexibility index (Phi) is 3.80. The largest absolute Gasteiger partial charge is 0.472 e. The third-order valence-corrected chi connectivity index (χ3v) is 3.35. The van der Waals surface area contributed by atoms with Gasteiger partial charge in [0.05, 0.1) is 12.5 Å². The standard InChI is InChI=1S/C12H20N2O/c13-8-12(11-5-7-15-9-11)14-6-4-10-2-1-3-10/h5,7,9-10,12,14H,1-4,6,8,13H2. The highest BCUT2D eigenvalue weighted by Gasteiger charge is 2.17. The van der Waals surface area contributed by atoms with E-state index in [9.17, 15) is 0 Å². The topological polar surface area (TPSA) is 51.2 Å². The van der Waals surface area contributed by atoms with E-state index >= 15 is 0 Å². The number of hydrogen-bond acceptors (Lipinski definition) is 3. The summed E-state index contributed by atoms with van der Waals surface area (Å²) < 4.78 is 5.06. The van der Waals surface area contributed by atoms with Crippen LogP contribution in [-0.4, -0.2) is 13.1 Å². The summed E-state index contributed by atoms with van der Waals surface area (Å²) in [7, 11) is 0. The van der Waals surface area contributed by atoms with Crippen LogP contribution in [-0.2, 0) is 0 Å². The van der Waals surface area contributed by atoms with Crippen LogP contribution in [0.2, 0.25) is 0 Å². The Morgan fingerprint density at radius 1 is 1.53 bits per heavy atom. The fourth-order valence-electron chi connectivity index (χ4n) is 2.05. The van der Waals surface area contributed by atoms with E-state index in [0.29, 0.717) is 6.54 Å². The van der Waals surface area contributed by atoms with Crippen molar-refractivity contribution in [2.24, 2.45) is 11.7 Å². The van der Waals surface area contributed by atoms with Gasteiger partial charge in [-0.25, -0.2) is 0 Å². The first-order valence-corrected chi connectivity index (χ1v) is 5.85. The van der Waals surface area contributed by atoms with Gasteiger partial charge < -0.3 is 15.5 Å². The van der Waals surface area contributed by atoms with Crippen LogP contribution in [0.15, 0.2) is 23.0 Å². The smallest absolute Gasteiger partial charge is 0.0950 e. The predicted molar refractivity (Wildman–Crippen MR) is 60.5 cm³/mol. The van der Waals surface area contributed by atoms with Crippen LogP contribution in [0.25, 0.3) is 0 Å². The van der Waals surface area contributed by atoms with Crippen molar-refractivity contribution < 1.29 is 4.42 Å². The zero-order chi connectivity index (χ0) is 10.5. The Morgan fingerprint density at radius 2 is 2.40 bits per heavy atom. The van der Waals surface area contributed by atoms with Gasteiger partial charge in [0.2, 0.25) is 0 Å². The second-order valence-corrected chi connectivity index (χ2v) is 4.38. The Labute approximate surface area is 91.0 Å². The van der Waals surface area contributed by atoms with Crippen molar-refractivity contribution in [3.05, 3.63) is 24.2 Å². The lowest BCUT2D eigenvalue weighted by molar-refractivity contribution is 0.287. The van der Waals surface area contributed by atoms with Crippen molar-refractivity contribution in [3.63, 3.8) is 0 Å². The van der Waals surface area contributed by atoms with Crippen LogP contribution < -0.4 is 11.1 Å². The van der Waals surface area contributed by atoms with Gasteiger partial charge in [-0.15, -0.1) is 0 Å². The number of rotatable bonds is 6. The van der Waals surface area contributed by atoms with E-state index in [1.165, 1.54) is 25.7 Å². The lowest BCUT2D eigenvalue weighted by Gasteiger charge is -2.26. The van der Waals surface area contributed by atoms with Crippen molar-refractivity contribution in [1.82, 2.24) is 5.32 Å². The maximum absolute atomic E-state index is 5.72. The van der Waals surface area contributed by atoms with Crippen LogP contribution in [0, 0.1) is 5.92 Å². The molecule has 2 rings (SSSR count). The van der Waals surface area contributed by atoms with E-state index in [2.05, 4.69) is 5.32 Å². The molecule has 1 saturated carbocycles. The van der Waals surface area contributed by atoms with Crippen molar-refractivity contribution >= 4 is 0 Å². The lowest BCUT2D eigenvalue weighted by atomic mass is 9.83. The average Bonchev–Trinajstić information content (AvgIpc) is 2.68. The molecule has 1 aliphatic carbocycles. The maximum Gasteiger partial charge on any atom is 0.0950 e. The molecule has 1 aromatic rings. The first-order valence-electron chi connectivity index (χ1n) is 5.85. The Bertz CT molecular complexity index is 267. The highest BCUT2D eigenvalue weighted by Crippen LogP contribution is 2.29. The lowest BCUT2D eigenvalue weighted by Crippen LogP contribution is -2.30. The summed E-state index contributed by atoms with van der Waals surface area (Å²) in [5.41, 5.74) is 6.88. The van der Waals surface area contributed by atoms with Crippen LogP contribution in [0.3, 0.4) is 0 Å². The molecule has 0 saturated heterocycles. The van der Waals surface area contributed by atoms with Gasteiger partial charge >= 0.3 is 0 Å². The maximum atomic E-state index is 5.72. The molecule has 0 bridgehead atoms. The van der Waals surface area contributed by atoms with Crippen molar-refractivity contribution in [2.45, 2.75) is 31.7 Å². The van der Waals surface area contributed by atoms with Gasteiger partial charge in [-0.1, -0.05) is 19.3 Å². The molecule has 0 amide bonds. The van der Waals surface area contributed by atoms with Crippen molar-refractivity contribution in [2.75, 3.05) is 13.1 Å². The van der Waals surface area contributed by atoms with Gasteiger partial charge in [0.15, 0.2) is 0 Å².